The first-order valence-electron chi connectivity index (χ1n) is 8.33. The van der Waals surface area contributed by atoms with E-state index in [-0.39, 0.29) is 11.3 Å². The van der Waals surface area contributed by atoms with Gasteiger partial charge in [0.15, 0.2) is 5.16 Å². The van der Waals surface area contributed by atoms with Crippen molar-refractivity contribution in [3.8, 4) is 5.69 Å². The van der Waals surface area contributed by atoms with Gasteiger partial charge >= 0.3 is 6.03 Å². The second-order valence-electron chi connectivity index (χ2n) is 5.95. The van der Waals surface area contributed by atoms with Crippen LogP contribution in [0.4, 0.5) is 4.79 Å². The lowest BCUT2D eigenvalue weighted by Crippen LogP contribution is -2.38. The van der Waals surface area contributed by atoms with Crippen LogP contribution in [0.25, 0.3) is 16.6 Å². The van der Waals surface area contributed by atoms with Crippen LogP contribution < -0.4 is 16.2 Å². The molecule has 0 saturated carbocycles. The Bertz CT molecular complexity index is 1130. The van der Waals surface area contributed by atoms with E-state index in [1.165, 1.54) is 11.6 Å². The van der Waals surface area contributed by atoms with Gasteiger partial charge in [0.05, 0.1) is 22.3 Å². The second kappa shape index (κ2) is 8.45. The largest absolute Gasteiger partial charge is 0.341 e. The Morgan fingerprint density at radius 1 is 1.21 bits per heavy atom. The number of thioether (sulfide) groups is 1. The molecule has 1 heterocycles. The van der Waals surface area contributed by atoms with Gasteiger partial charge in [-0.25, -0.2) is 9.78 Å². The van der Waals surface area contributed by atoms with E-state index < -0.39 is 11.9 Å². The molecule has 28 heavy (non-hydrogen) atoms. The summed E-state index contributed by atoms with van der Waals surface area (Å²) in [5.74, 6) is -0.585. The smallest absolute Gasteiger partial charge is 0.321 e. The number of hydrogen-bond donors (Lipinski definition) is 2. The minimum Gasteiger partial charge on any atom is -0.341 e. The Labute approximate surface area is 170 Å². The number of rotatable bonds is 4. The highest BCUT2D eigenvalue weighted by Crippen LogP contribution is 2.23. The third kappa shape index (κ3) is 4.35. The summed E-state index contributed by atoms with van der Waals surface area (Å²) in [6, 6.07) is 11.7. The third-order valence-electron chi connectivity index (χ3n) is 3.87. The van der Waals surface area contributed by atoms with Gasteiger partial charge in [0.25, 0.3) is 5.56 Å². The van der Waals surface area contributed by atoms with Crippen LogP contribution in [0.15, 0.2) is 52.4 Å². The van der Waals surface area contributed by atoms with Crippen LogP contribution in [0.2, 0.25) is 5.02 Å². The van der Waals surface area contributed by atoms with Crippen LogP contribution in [0.5, 0.6) is 0 Å². The number of amides is 3. The SMILES string of the molecule is CNC(=O)NC(=O)CSc1nc2cc(Cl)ccc2c(=O)n1-c1cccc(C)c1. The Balaban J connectivity index is 2.08. The first kappa shape index (κ1) is 19.9. The van der Waals surface area contributed by atoms with Crippen molar-refractivity contribution in [1.29, 1.82) is 0 Å². The van der Waals surface area contributed by atoms with Crippen molar-refractivity contribution in [2.24, 2.45) is 0 Å². The van der Waals surface area contributed by atoms with E-state index in [0.29, 0.717) is 26.8 Å². The Hall–Kier alpha value is -2.84. The first-order valence-corrected chi connectivity index (χ1v) is 9.69. The maximum Gasteiger partial charge on any atom is 0.321 e. The highest BCUT2D eigenvalue weighted by atomic mass is 35.5. The fraction of sp³-hybridized carbons (Fsp3) is 0.158. The second-order valence-corrected chi connectivity index (χ2v) is 7.33. The van der Waals surface area contributed by atoms with Crippen LogP contribution in [0.1, 0.15) is 5.56 Å². The lowest BCUT2D eigenvalue weighted by molar-refractivity contribution is -0.117. The molecule has 1 aromatic heterocycles. The molecule has 0 aliphatic heterocycles. The lowest BCUT2D eigenvalue weighted by Gasteiger charge is -2.13. The molecular formula is C19H17ClN4O3S. The number of fused-ring (bicyclic) bond motifs is 1. The van der Waals surface area contributed by atoms with Gasteiger partial charge in [-0.1, -0.05) is 35.5 Å². The average Bonchev–Trinajstić information content (AvgIpc) is 2.66. The normalized spacial score (nSPS) is 10.7. The molecule has 0 fully saturated rings. The van der Waals surface area contributed by atoms with Crippen molar-refractivity contribution in [3.63, 3.8) is 0 Å². The number of aryl methyl sites for hydroxylation is 1. The van der Waals surface area contributed by atoms with Gasteiger partial charge in [0.2, 0.25) is 5.91 Å². The molecule has 2 N–H and O–H groups in total. The molecule has 0 aliphatic carbocycles. The van der Waals surface area contributed by atoms with Gasteiger partial charge in [0.1, 0.15) is 0 Å². The molecule has 3 amide bonds. The topological polar surface area (TPSA) is 93.1 Å². The Kier molecular flexibility index (Phi) is 6.01. The van der Waals surface area contributed by atoms with Gasteiger partial charge in [0, 0.05) is 12.1 Å². The summed E-state index contributed by atoms with van der Waals surface area (Å²) < 4.78 is 1.46. The van der Waals surface area contributed by atoms with Crippen LogP contribution in [-0.4, -0.2) is 34.3 Å². The number of halogens is 1. The van der Waals surface area contributed by atoms with Gasteiger partial charge in [-0.15, -0.1) is 0 Å². The van der Waals surface area contributed by atoms with E-state index in [2.05, 4.69) is 15.6 Å². The molecule has 0 bridgehead atoms. The molecule has 7 nitrogen and oxygen atoms in total. The van der Waals surface area contributed by atoms with Crippen LogP contribution in [-0.2, 0) is 4.79 Å². The van der Waals surface area contributed by atoms with Gasteiger partial charge in [-0.2, -0.15) is 0 Å². The summed E-state index contributed by atoms with van der Waals surface area (Å²) in [4.78, 5) is 40.9. The molecule has 0 radical (unpaired) electrons. The Morgan fingerprint density at radius 2 is 2.00 bits per heavy atom. The summed E-state index contributed by atoms with van der Waals surface area (Å²) in [5, 5.41) is 5.71. The van der Waals surface area contributed by atoms with Crippen molar-refractivity contribution in [2.45, 2.75) is 12.1 Å². The molecule has 2 aromatic carbocycles. The van der Waals surface area contributed by atoms with Crippen molar-refractivity contribution in [3.05, 3.63) is 63.4 Å². The number of nitrogens with zero attached hydrogens (tertiary/aromatic N) is 2. The number of carbonyl (C=O) groups is 2. The molecule has 144 valence electrons. The van der Waals surface area contributed by atoms with E-state index >= 15 is 0 Å². The number of hydrogen-bond acceptors (Lipinski definition) is 5. The molecule has 3 rings (SSSR count). The standard InChI is InChI=1S/C19H17ClN4O3S/c1-11-4-3-5-13(8-11)24-17(26)14-7-6-12(20)9-15(14)22-19(24)28-10-16(25)23-18(27)21-2/h3-9H,10H2,1-2H3,(H2,21,23,25,27). The summed E-state index contributed by atoms with van der Waals surface area (Å²) in [6.07, 6.45) is 0. The summed E-state index contributed by atoms with van der Waals surface area (Å²) in [7, 11) is 1.42. The highest BCUT2D eigenvalue weighted by molar-refractivity contribution is 7.99. The van der Waals surface area contributed by atoms with E-state index in [1.54, 1.807) is 24.3 Å². The Morgan fingerprint density at radius 3 is 2.71 bits per heavy atom. The van der Waals surface area contributed by atoms with E-state index in [1.807, 2.05) is 25.1 Å². The zero-order valence-corrected chi connectivity index (χ0v) is 16.7. The van der Waals surface area contributed by atoms with Crippen LogP contribution in [0.3, 0.4) is 0 Å². The number of benzene rings is 2. The molecule has 0 spiro atoms. The number of carbonyl (C=O) groups excluding carboxylic acids is 2. The maximum atomic E-state index is 13.1. The molecule has 0 atom stereocenters. The molecule has 3 aromatic rings. The summed E-state index contributed by atoms with van der Waals surface area (Å²) in [5.41, 5.74) is 1.80. The quantitative estimate of drug-likeness (QED) is 0.504. The molecule has 0 aliphatic rings. The maximum absolute atomic E-state index is 13.1. The van der Waals surface area contributed by atoms with E-state index in [0.717, 1.165) is 17.3 Å². The predicted molar refractivity (Wildman–Crippen MR) is 110 cm³/mol. The van der Waals surface area contributed by atoms with E-state index in [4.69, 9.17) is 11.6 Å². The molecule has 9 heteroatoms. The zero-order valence-electron chi connectivity index (χ0n) is 15.2. The number of aromatic nitrogens is 2. The lowest BCUT2D eigenvalue weighted by atomic mass is 10.2. The monoisotopic (exact) mass is 416 g/mol. The van der Waals surface area contributed by atoms with Gasteiger partial charge in [-0.05, 0) is 42.8 Å². The third-order valence-corrected chi connectivity index (χ3v) is 5.05. The average molecular weight is 417 g/mol. The first-order chi connectivity index (χ1) is 13.4. The number of urea groups is 1. The predicted octanol–water partition coefficient (Wildman–Crippen LogP) is 2.90. The van der Waals surface area contributed by atoms with Crippen LogP contribution >= 0.6 is 23.4 Å². The minimum atomic E-state index is -0.597. The van der Waals surface area contributed by atoms with Crippen LogP contribution in [0, 0.1) is 6.92 Å². The van der Waals surface area contributed by atoms with Gasteiger partial charge in [-0.3, -0.25) is 19.5 Å². The van der Waals surface area contributed by atoms with Crippen molar-refractivity contribution in [2.75, 3.05) is 12.8 Å². The molecule has 0 unspecified atom stereocenters. The molecule has 0 saturated heterocycles. The number of nitrogens with one attached hydrogen (secondary N) is 2. The van der Waals surface area contributed by atoms with Crippen molar-refractivity contribution < 1.29 is 9.59 Å². The summed E-state index contributed by atoms with van der Waals surface area (Å²) >= 11 is 7.10. The van der Waals surface area contributed by atoms with E-state index in [9.17, 15) is 14.4 Å². The zero-order chi connectivity index (χ0) is 20.3. The fourth-order valence-corrected chi connectivity index (χ4v) is 3.56. The number of imide groups is 1. The molecular weight excluding hydrogens is 400 g/mol. The van der Waals surface area contributed by atoms with Crippen molar-refractivity contribution >= 4 is 46.2 Å². The minimum absolute atomic E-state index is 0.0856. The van der Waals surface area contributed by atoms with Crippen molar-refractivity contribution in [1.82, 2.24) is 20.2 Å². The highest BCUT2D eigenvalue weighted by Gasteiger charge is 2.16. The van der Waals surface area contributed by atoms with Gasteiger partial charge < -0.3 is 5.32 Å². The fourth-order valence-electron chi connectivity index (χ4n) is 2.59. The summed E-state index contributed by atoms with van der Waals surface area (Å²) in [6.45, 7) is 1.92.